The summed E-state index contributed by atoms with van der Waals surface area (Å²) in [6, 6.07) is 17.4. The van der Waals surface area contributed by atoms with E-state index in [4.69, 9.17) is 14.2 Å². The normalized spacial score (nSPS) is 13.7. The van der Waals surface area contributed by atoms with Gasteiger partial charge >= 0.3 is 0 Å². The molecule has 2 N–H and O–H groups in total. The molecular weight excluding hydrogens is 626 g/mol. The van der Waals surface area contributed by atoms with Gasteiger partial charge in [0.1, 0.15) is 12.3 Å². The average Bonchev–Trinajstić information content (AvgIpc) is 3.21. The first-order chi connectivity index (χ1) is 20.2. The molecule has 0 bridgehead atoms. The molecule has 0 radical (unpaired) electrons. The van der Waals surface area contributed by atoms with E-state index in [2.05, 4.69) is 26.6 Å². The number of imide groups is 1. The second-order valence-corrected chi connectivity index (χ2v) is 10.9. The number of hydrogen-bond acceptors (Lipinski definition) is 8. The number of carbonyl (C=O) groups is 4. The average molecular weight is 655 g/mol. The Hall–Kier alpha value is -4.29. The zero-order valence-electron chi connectivity index (χ0n) is 23.1. The summed E-state index contributed by atoms with van der Waals surface area (Å²) in [6.07, 6.45) is 1.52. The number of amides is 4. The van der Waals surface area contributed by atoms with Gasteiger partial charge in [0.2, 0.25) is 5.91 Å². The Bertz CT molecular complexity index is 1530. The number of halogens is 1. The fraction of sp³-hybridized carbons (Fsp3) is 0.200. The minimum Gasteiger partial charge on any atom is -0.494 e. The number of hydrogen-bond donors (Lipinski definition) is 2. The van der Waals surface area contributed by atoms with Crippen molar-refractivity contribution < 1.29 is 33.4 Å². The minimum atomic E-state index is -0.588. The number of benzene rings is 3. The lowest BCUT2D eigenvalue weighted by Crippen LogP contribution is -2.36. The van der Waals surface area contributed by atoms with E-state index in [0.29, 0.717) is 45.3 Å². The molecule has 0 aliphatic carbocycles. The monoisotopic (exact) mass is 653 g/mol. The Morgan fingerprint density at radius 2 is 1.60 bits per heavy atom. The van der Waals surface area contributed by atoms with Gasteiger partial charge in [-0.1, -0.05) is 17.7 Å². The number of aryl methyl sites for hydroxylation is 1. The summed E-state index contributed by atoms with van der Waals surface area (Å²) in [5, 5.41) is 4.88. The van der Waals surface area contributed by atoms with E-state index in [-0.39, 0.29) is 17.4 Å². The molecule has 4 rings (SSSR count). The number of rotatable bonds is 11. The first-order valence-corrected chi connectivity index (χ1v) is 14.4. The third-order valence-corrected chi connectivity index (χ3v) is 7.35. The van der Waals surface area contributed by atoms with Crippen LogP contribution in [-0.2, 0) is 14.4 Å². The molecule has 218 valence electrons. The van der Waals surface area contributed by atoms with Crippen LogP contribution in [0.25, 0.3) is 6.08 Å². The molecule has 0 aromatic heterocycles. The number of ether oxygens (including phenoxy) is 3. The van der Waals surface area contributed by atoms with Crippen LogP contribution in [0, 0.1) is 6.92 Å². The summed E-state index contributed by atoms with van der Waals surface area (Å²) in [4.78, 5) is 51.5. The largest absolute Gasteiger partial charge is 0.494 e. The molecule has 42 heavy (non-hydrogen) atoms. The van der Waals surface area contributed by atoms with Crippen molar-refractivity contribution in [2.24, 2.45) is 0 Å². The maximum Gasteiger partial charge on any atom is 0.294 e. The van der Waals surface area contributed by atoms with E-state index in [1.165, 1.54) is 13.2 Å². The fourth-order valence-corrected chi connectivity index (χ4v) is 5.28. The van der Waals surface area contributed by atoms with Crippen molar-refractivity contribution in [2.75, 3.05) is 37.5 Å². The zero-order chi connectivity index (χ0) is 30.2. The Balaban J connectivity index is 1.39. The highest BCUT2D eigenvalue weighted by atomic mass is 79.9. The van der Waals surface area contributed by atoms with Gasteiger partial charge in [0, 0.05) is 11.4 Å². The summed E-state index contributed by atoms with van der Waals surface area (Å²) in [7, 11) is 1.45. The van der Waals surface area contributed by atoms with Gasteiger partial charge in [-0.3, -0.25) is 24.1 Å². The van der Waals surface area contributed by atoms with E-state index in [0.717, 1.165) is 22.2 Å². The van der Waals surface area contributed by atoms with Crippen LogP contribution in [0.2, 0.25) is 0 Å². The van der Waals surface area contributed by atoms with E-state index < -0.39 is 23.6 Å². The Labute approximate surface area is 255 Å². The Morgan fingerprint density at radius 1 is 0.952 bits per heavy atom. The molecule has 1 heterocycles. The second kappa shape index (κ2) is 14.1. The molecule has 12 heteroatoms. The third kappa shape index (κ3) is 7.92. The lowest BCUT2D eigenvalue weighted by Gasteiger charge is -2.14. The van der Waals surface area contributed by atoms with Gasteiger partial charge in [0.25, 0.3) is 17.1 Å². The van der Waals surface area contributed by atoms with Crippen LogP contribution in [0.4, 0.5) is 16.2 Å². The first-order valence-electron chi connectivity index (χ1n) is 12.8. The van der Waals surface area contributed by atoms with Crippen LogP contribution in [0.5, 0.6) is 17.2 Å². The third-order valence-electron chi connectivity index (χ3n) is 5.86. The molecule has 0 spiro atoms. The van der Waals surface area contributed by atoms with Gasteiger partial charge in [0.05, 0.1) is 23.1 Å². The van der Waals surface area contributed by atoms with Crippen molar-refractivity contribution in [3.63, 3.8) is 0 Å². The maximum absolute atomic E-state index is 13.0. The molecule has 3 aromatic rings. The highest BCUT2D eigenvalue weighted by Crippen LogP contribution is 2.39. The van der Waals surface area contributed by atoms with Crippen LogP contribution in [0.15, 0.2) is 70.0 Å². The summed E-state index contributed by atoms with van der Waals surface area (Å²) >= 11 is 4.17. The summed E-state index contributed by atoms with van der Waals surface area (Å²) in [5.74, 6) is -0.175. The van der Waals surface area contributed by atoms with Crippen molar-refractivity contribution >= 4 is 68.1 Å². The highest BCUT2D eigenvalue weighted by Gasteiger charge is 2.36. The number of anilines is 2. The van der Waals surface area contributed by atoms with E-state index in [1.807, 2.05) is 26.0 Å². The maximum atomic E-state index is 13.0. The van der Waals surface area contributed by atoms with Crippen LogP contribution < -0.4 is 24.8 Å². The van der Waals surface area contributed by atoms with Gasteiger partial charge in [-0.05, 0) is 102 Å². The van der Waals surface area contributed by atoms with E-state index >= 15 is 0 Å². The lowest BCUT2D eigenvalue weighted by molar-refractivity contribution is -0.127. The van der Waals surface area contributed by atoms with Gasteiger partial charge in [-0.15, -0.1) is 0 Å². The Morgan fingerprint density at radius 3 is 2.24 bits per heavy atom. The molecule has 1 aliphatic heterocycles. The van der Waals surface area contributed by atoms with Gasteiger partial charge in [-0.2, -0.15) is 0 Å². The van der Waals surface area contributed by atoms with E-state index in [1.54, 1.807) is 48.5 Å². The molecule has 3 aromatic carbocycles. The summed E-state index contributed by atoms with van der Waals surface area (Å²) in [6.45, 7) is 3.65. The molecule has 1 aliphatic rings. The number of nitrogens with zero attached hydrogens (tertiary/aromatic N) is 1. The predicted octanol–water partition coefficient (Wildman–Crippen LogP) is 5.86. The van der Waals surface area contributed by atoms with Gasteiger partial charge in [0.15, 0.2) is 18.1 Å². The van der Waals surface area contributed by atoms with Crippen molar-refractivity contribution in [3.05, 3.63) is 81.2 Å². The smallest absolute Gasteiger partial charge is 0.294 e. The predicted molar refractivity (Wildman–Crippen MR) is 165 cm³/mol. The molecular formula is C30H28BrN3O7S. The van der Waals surface area contributed by atoms with Gasteiger partial charge in [-0.25, -0.2) is 0 Å². The van der Waals surface area contributed by atoms with Gasteiger partial charge < -0.3 is 24.8 Å². The minimum absolute atomic E-state index is 0.147. The molecule has 0 saturated carbocycles. The first kappa shape index (κ1) is 30.7. The lowest BCUT2D eigenvalue weighted by atomic mass is 10.2. The quantitative estimate of drug-likeness (QED) is 0.247. The number of nitrogens with one attached hydrogen (secondary N) is 2. The van der Waals surface area contributed by atoms with E-state index in [9.17, 15) is 19.2 Å². The SMILES string of the molecule is CCOc1ccc(NC(=O)CN2C(=O)S/C(=C/c3cc(Br)c(OCC(=O)Nc4ccc(C)cc4)c(OC)c3)C2=O)cc1. The van der Waals surface area contributed by atoms with Crippen LogP contribution in [0.1, 0.15) is 18.1 Å². The highest BCUT2D eigenvalue weighted by molar-refractivity contribution is 9.10. The molecule has 0 atom stereocenters. The van der Waals surface area contributed by atoms with Crippen molar-refractivity contribution in [2.45, 2.75) is 13.8 Å². The zero-order valence-corrected chi connectivity index (χ0v) is 25.5. The number of thioether (sulfide) groups is 1. The Kier molecular flexibility index (Phi) is 10.3. The summed E-state index contributed by atoms with van der Waals surface area (Å²) in [5.41, 5.74) is 2.78. The number of carbonyl (C=O) groups excluding carboxylic acids is 4. The standard InChI is InChI=1S/C30H28BrN3O7S/c1-4-40-22-11-9-21(10-12-22)32-26(35)16-34-29(37)25(42-30(34)38)15-19-13-23(31)28(24(14-19)39-3)41-17-27(36)33-20-7-5-18(2)6-8-20/h5-15H,4,16-17H2,1-3H3,(H,32,35)(H,33,36)/b25-15+. The fourth-order valence-electron chi connectivity index (χ4n) is 3.87. The van der Waals surface area contributed by atoms with Crippen molar-refractivity contribution in [3.8, 4) is 17.2 Å². The molecule has 10 nitrogen and oxygen atoms in total. The molecule has 1 saturated heterocycles. The summed E-state index contributed by atoms with van der Waals surface area (Å²) < 4.78 is 17.0. The topological polar surface area (TPSA) is 123 Å². The molecule has 4 amide bonds. The van der Waals surface area contributed by atoms with Crippen LogP contribution >= 0.6 is 27.7 Å². The van der Waals surface area contributed by atoms with Crippen molar-refractivity contribution in [1.29, 1.82) is 0 Å². The van der Waals surface area contributed by atoms with Crippen molar-refractivity contribution in [1.82, 2.24) is 4.90 Å². The number of methoxy groups -OCH3 is 1. The second-order valence-electron chi connectivity index (χ2n) is 9.01. The molecule has 0 unspecified atom stereocenters. The van der Waals surface area contributed by atoms with Crippen LogP contribution in [-0.4, -0.2) is 54.7 Å². The molecule has 1 fully saturated rings. The van der Waals surface area contributed by atoms with Crippen LogP contribution in [0.3, 0.4) is 0 Å².